The first kappa shape index (κ1) is 17.5. The number of morpholine rings is 1. The lowest BCUT2D eigenvalue weighted by molar-refractivity contribution is 0.0337. The van der Waals surface area contributed by atoms with Gasteiger partial charge in [0.05, 0.1) is 29.1 Å². The maximum atomic E-state index is 12.4. The standard InChI is InChI=1S/C15H20BrN5O2S/c1-9(2)12-11(16)13(20-19-12)14(22)18-15-17-10(8-24-15)7-21-3-5-23-6-4-21/h8-9H,3-7H2,1-2H3,(H,19,20)(H,17,18,22). The average molecular weight is 414 g/mol. The van der Waals surface area contributed by atoms with Crippen molar-refractivity contribution in [1.29, 1.82) is 0 Å². The van der Waals surface area contributed by atoms with Gasteiger partial charge in [-0.25, -0.2) is 4.98 Å². The molecule has 0 saturated carbocycles. The lowest BCUT2D eigenvalue weighted by Gasteiger charge is -2.25. The number of H-pyrrole nitrogens is 1. The molecule has 130 valence electrons. The third-order valence-corrected chi connectivity index (χ3v) is 5.40. The first-order valence-electron chi connectivity index (χ1n) is 7.84. The largest absolute Gasteiger partial charge is 0.379 e. The van der Waals surface area contributed by atoms with Crippen LogP contribution in [0, 0.1) is 0 Å². The van der Waals surface area contributed by atoms with Gasteiger partial charge in [0.25, 0.3) is 5.91 Å². The summed E-state index contributed by atoms with van der Waals surface area (Å²) in [5, 5.41) is 12.4. The predicted octanol–water partition coefficient (Wildman–Crippen LogP) is 2.84. The molecule has 0 aromatic carbocycles. The number of rotatable bonds is 5. The SMILES string of the molecule is CC(C)c1[nH]nc(C(=O)Nc2nc(CN3CCOCC3)cs2)c1Br. The van der Waals surface area contributed by atoms with E-state index in [1.54, 1.807) is 0 Å². The van der Waals surface area contributed by atoms with Crippen LogP contribution < -0.4 is 5.32 Å². The topological polar surface area (TPSA) is 83.1 Å². The van der Waals surface area contributed by atoms with Crippen LogP contribution >= 0.6 is 27.3 Å². The summed E-state index contributed by atoms with van der Waals surface area (Å²) in [5.74, 6) is -0.00860. The molecule has 0 radical (unpaired) electrons. The van der Waals surface area contributed by atoms with Crippen LogP contribution in [-0.2, 0) is 11.3 Å². The summed E-state index contributed by atoms with van der Waals surface area (Å²) in [6.07, 6.45) is 0. The van der Waals surface area contributed by atoms with E-state index in [-0.39, 0.29) is 11.8 Å². The monoisotopic (exact) mass is 413 g/mol. The Hall–Kier alpha value is -1.29. The zero-order chi connectivity index (χ0) is 17.1. The van der Waals surface area contributed by atoms with Gasteiger partial charge in [0.1, 0.15) is 0 Å². The molecule has 1 amide bonds. The molecule has 7 nitrogen and oxygen atoms in total. The third-order valence-electron chi connectivity index (χ3n) is 3.79. The Morgan fingerprint density at radius 3 is 2.92 bits per heavy atom. The van der Waals surface area contributed by atoms with Crippen LogP contribution in [0.1, 0.15) is 41.6 Å². The number of hydrogen-bond acceptors (Lipinski definition) is 6. The molecule has 1 aliphatic heterocycles. The van der Waals surface area contributed by atoms with E-state index in [4.69, 9.17) is 4.74 Å². The van der Waals surface area contributed by atoms with E-state index in [0.29, 0.717) is 15.3 Å². The van der Waals surface area contributed by atoms with Gasteiger partial charge in [-0.1, -0.05) is 13.8 Å². The van der Waals surface area contributed by atoms with E-state index in [2.05, 4.69) is 41.3 Å². The van der Waals surface area contributed by atoms with Crippen LogP contribution in [0.15, 0.2) is 9.85 Å². The normalized spacial score (nSPS) is 15.8. The number of thiazole rings is 1. The molecule has 2 N–H and O–H groups in total. The van der Waals surface area contributed by atoms with Crippen LogP contribution in [0.3, 0.4) is 0 Å². The number of amides is 1. The van der Waals surface area contributed by atoms with Crippen LogP contribution in [-0.4, -0.2) is 52.3 Å². The minimum Gasteiger partial charge on any atom is -0.379 e. The lowest BCUT2D eigenvalue weighted by Crippen LogP contribution is -2.35. The fraction of sp³-hybridized carbons (Fsp3) is 0.533. The average Bonchev–Trinajstić information content (AvgIpc) is 3.15. The van der Waals surface area contributed by atoms with Crippen LogP contribution in [0.2, 0.25) is 0 Å². The van der Waals surface area contributed by atoms with Gasteiger partial charge in [-0.3, -0.25) is 20.1 Å². The second-order valence-electron chi connectivity index (χ2n) is 5.94. The highest BCUT2D eigenvalue weighted by Crippen LogP contribution is 2.26. The van der Waals surface area contributed by atoms with Crippen LogP contribution in [0.5, 0.6) is 0 Å². The molecular formula is C15H20BrN5O2S. The molecule has 2 aromatic rings. The third kappa shape index (κ3) is 4.02. The van der Waals surface area contributed by atoms with Crippen molar-refractivity contribution in [2.24, 2.45) is 0 Å². The van der Waals surface area contributed by atoms with Gasteiger partial charge in [-0.2, -0.15) is 5.10 Å². The molecule has 0 aliphatic carbocycles. The van der Waals surface area contributed by atoms with Crippen molar-refractivity contribution in [1.82, 2.24) is 20.1 Å². The molecule has 3 rings (SSSR count). The Labute approximate surface area is 152 Å². The summed E-state index contributed by atoms with van der Waals surface area (Å²) in [6, 6.07) is 0. The van der Waals surface area contributed by atoms with E-state index in [1.807, 2.05) is 19.2 Å². The Bertz CT molecular complexity index is 709. The number of carbonyl (C=O) groups excluding carboxylic acids is 1. The summed E-state index contributed by atoms with van der Waals surface area (Å²) < 4.78 is 6.05. The number of halogens is 1. The number of nitrogens with one attached hydrogen (secondary N) is 2. The Morgan fingerprint density at radius 2 is 2.25 bits per heavy atom. The van der Waals surface area contributed by atoms with Gasteiger partial charge in [0, 0.05) is 25.0 Å². The quantitative estimate of drug-likeness (QED) is 0.786. The fourth-order valence-electron chi connectivity index (χ4n) is 2.46. The highest BCUT2D eigenvalue weighted by molar-refractivity contribution is 9.10. The smallest absolute Gasteiger partial charge is 0.279 e. The predicted molar refractivity (Wildman–Crippen MR) is 96.5 cm³/mol. The molecule has 24 heavy (non-hydrogen) atoms. The maximum Gasteiger partial charge on any atom is 0.279 e. The molecular weight excluding hydrogens is 394 g/mol. The van der Waals surface area contributed by atoms with Gasteiger partial charge < -0.3 is 4.74 Å². The minimum atomic E-state index is -0.266. The summed E-state index contributed by atoms with van der Waals surface area (Å²) in [6.45, 7) is 8.21. The summed E-state index contributed by atoms with van der Waals surface area (Å²) in [4.78, 5) is 19.2. The summed E-state index contributed by atoms with van der Waals surface area (Å²) >= 11 is 4.87. The van der Waals surface area contributed by atoms with Gasteiger partial charge in [0.2, 0.25) is 0 Å². The minimum absolute atomic E-state index is 0.258. The van der Waals surface area contributed by atoms with Crippen molar-refractivity contribution in [3.8, 4) is 0 Å². The first-order chi connectivity index (χ1) is 11.5. The van der Waals surface area contributed by atoms with E-state index in [9.17, 15) is 4.79 Å². The molecule has 9 heteroatoms. The number of aromatic nitrogens is 3. The molecule has 2 aromatic heterocycles. The van der Waals surface area contributed by atoms with Crippen molar-refractivity contribution >= 4 is 38.3 Å². The molecule has 1 fully saturated rings. The van der Waals surface area contributed by atoms with Gasteiger partial charge in [-0.15, -0.1) is 11.3 Å². The zero-order valence-electron chi connectivity index (χ0n) is 13.6. The van der Waals surface area contributed by atoms with Crippen molar-refractivity contribution < 1.29 is 9.53 Å². The number of hydrogen-bond donors (Lipinski definition) is 2. The van der Waals surface area contributed by atoms with Gasteiger partial charge in [-0.05, 0) is 21.8 Å². The molecule has 0 spiro atoms. The molecule has 3 heterocycles. The van der Waals surface area contributed by atoms with E-state index >= 15 is 0 Å². The molecule has 0 unspecified atom stereocenters. The van der Waals surface area contributed by atoms with E-state index in [1.165, 1.54) is 11.3 Å². The number of ether oxygens (including phenoxy) is 1. The summed E-state index contributed by atoms with van der Waals surface area (Å²) in [5.41, 5.74) is 2.22. The number of anilines is 1. The van der Waals surface area contributed by atoms with Crippen molar-refractivity contribution in [3.63, 3.8) is 0 Å². The second-order valence-corrected chi connectivity index (χ2v) is 7.59. The number of aromatic amines is 1. The molecule has 0 atom stereocenters. The van der Waals surface area contributed by atoms with E-state index < -0.39 is 0 Å². The Morgan fingerprint density at radius 1 is 1.50 bits per heavy atom. The van der Waals surface area contributed by atoms with Gasteiger partial charge in [0.15, 0.2) is 10.8 Å². The van der Waals surface area contributed by atoms with Crippen LogP contribution in [0.4, 0.5) is 5.13 Å². The molecule has 0 bridgehead atoms. The van der Waals surface area contributed by atoms with E-state index in [0.717, 1.165) is 44.2 Å². The lowest BCUT2D eigenvalue weighted by atomic mass is 10.1. The van der Waals surface area contributed by atoms with Crippen molar-refractivity contribution in [3.05, 3.63) is 26.9 Å². The second kappa shape index (κ2) is 7.73. The maximum absolute atomic E-state index is 12.4. The molecule has 1 saturated heterocycles. The highest BCUT2D eigenvalue weighted by Gasteiger charge is 2.20. The number of carbonyl (C=O) groups is 1. The summed E-state index contributed by atoms with van der Waals surface area (Å²) in [7, 11) is 0. The first-order valence-corrected chi connectivity index (χ1v) is 9.51. The Balaban J connectivity index is 1.62. The van der Waals surface area contributed by atoms with Gasteiger partial charge >= 0.3 is 0 Å². The Kier molecular flexibility index (Phi) is 5.65. The molecule has 1 aliphatic rings. The fourth-order valence-corrected chi connectivity index (χ4v) is 3.97. The van der Waals surface area contributed by atoms with Crippen LogP contribution in [0.25, 0.3) is 0 Å². The highest BCUT2D eigenvalue weighted by atomic mass is 79.9. The number of nitrogens with zero attached hydrogens (tertiary/aromatic N) is 3. The zero-order valence-corrected chi connectivity index (χ0v) is 16.0. The van der Waals surface area contributed by atoms with Crippen molar-refractivity contribution in [2.75, 3.05) is 31.6 Å². The van der Waals surface area contributed by atoms with Crippen molar-refractivity contribution in [2.45, 2.75) is 26.3 Å².